The Balaban J connectivity index is 3.06. The van der Waals surface area contributed by atoms with Crippen LogP contribution in [0.1, 0.15) is 80.6 Å². The van der Waals surface area contributed by atoms with Gasteiger partial charge in [0.15, 0.2) is 0 Å². The number of carbonyl (C=O) groups is 3. The van der Waals surface area contributed by atoms with E-state index in [1.807, 2.05) is 27.7 Å². The molecule has 1 rings (SSSR count). The summed E-state index contributed by atoms with van der Waals surface area (Å²) >= 11 is 0. The predicted molar refractivity (Wildman–Crippen MR) is 128 cm³/mol. The van der Waals surface area contributed by atoms with Crippen LogP contribution in [-0.2, 0) is 14.4 Å². The summed E-state index contributed by atoms with van der Waals surface area (Å²) in [4.78, 5) is 41.9. The molecule has 0 aromatic carbocycles. The second-order valence-corrected chi connectivity index (χ2v) is 9.96. The molecule has 1 aliphatic heterocycles. The Hall–Kier alpha value is -1.89. The quantitative estimate of drug-likeness (QED) is 0.468. The van der Waals surface area contributed by atoms with E-state index in [1.54, 1.807) is 18.0 Å². The number of nitrogens with one attached hydrogen (secondary N) is 1. The maximum Gasteiger partial charge on any atom is 0.331 e. The molecule has 0 bridgehead atoms. The van der Waals surface area contributed by atoms with Crippen LogP contribution in [-0.4, -0.2) is 70.4 Å². The van der Waals surface area contributed by atoms with E-state index < -0.39 is 12.0 Å². The van der Waals surface area contributed by atoms with Crippen molar-refractivity contribution in [2.45, 2.75) is 105 Å². The van der Waals surface area contributed by atoms with Crippen molar-refractivity contribution in [3.8, 4) is 0 Å². The van der Waals surface area contributed by atoms with E-state index in [0.29, 0.717) is 6.04 Å². The van der Waals surface area contributed by atoms with Gasteiger partial charge in [-0.25, -0.2) is 4.79 Å². The Morgan fingerprint density at radius 1 is 1.12 bits per heavy atom. The topological polar surface area (TPSA) is 90.0 Å². The summed E-state index contributed by atoms with van der Waals surface area (Å²) in [5, 5.41) is 12.3. The Morgan fingerprint density at radius 3 is 2.25 bits per heavy atom. The molecule has 1 fully saturated rings. The van der Waals surface area contributed by atoms with Crippen molar-refractivity contribution in [3.05, 3.63) is 11.6 Å². The molecule has 0 saturated carbocycles. The van der Waals surface area contributed by atoms with Crippen LogP contribution in [0.5, 0.6) is 0 Å². The van der Waals surface area contributed by atoms with Crippen LogP contribution in [0.2, 0.25) is 0 Å². The molecular formula is C25H45N3O4. The van der Waals surface area contributed by atoms with Crippen LogP contribution < -0.4 is 5.32 Å². The van der Waals surface area contributed by atoms with E-state index in [9.17, 15) is 19.5 Å². The number of amides is 2. The van der Waals surface area contributed by atoms with Gasteiger partial charge in [0, 0.05) is 18.7 Å². The summed E-state index contributed by atoms with van der Waals surface area (Å²) in [7, 11) is 1.69. The molecule has 3 unspecified atom stereocenters. The first-order valence-electron chi connectivity index (χ1n) is 12.2. The molecule has 1 aliphatic rings. The third-order valence-corrected chi connectivity index (χ3v) is 6.59. The average Bonchev–Trinajstić information content (AvgIpc) is 2.74. The largest absolute Gasteiger partial charge is 0.478 e. The fourth-order valence-corrected chi connectivity index (χ4v) is 4.55. The number of hydrogen-bond donors (Lipinski definition) is 2. The molecule has 1 heterocycles. The van der Waals surface area contributed by atoms with Crippen molar-refractivity contribution in [1.29, 1.82) is 0 Å². The van der Waals surface area contributed by atoms with E-state index in [2.05, 4.69) is 24.1 Å². The van der Waals surface area contributed by atoms with Gasteiger partial charge < -0.3 is 15.3 Å². The summed E-state index contributed by atoms with van der Waals surface area (Å²) in [6, 6.07) is -0.897. The lowest BCUT2D eigenvalue weighted by molar-refractivity contribution is -0.140. The van der Waals surface area contributed by atoms with Crippen LogP contribution >= 0.6 is 0 Å². The first-order valence-corrected chi connectivity index (χ1v) is 12.2. The molecule has 2 N–H and O–H groups in total. The van der Waals surface area contributed by atoms with Crippen LogP contribution in [0.15, 0.2) is 11.6 Å². The minimum absolute atomic E-state index is 0.0329. The highest BCUT2D eigenvalue weighted by atomic mass is 16.4. The van der Waals surface area contributed by atoms with Crippen molar-refractivity contribution in [1.82, 2.24) is 15.1 Å². The monoisotopic (exact) mass is 451 g/mol. The number of likely N-dealkylation sites (N-methyl/N-ethyl adjacent to an activating group) is 1. The summed E-state index contributed by atoms with van der Waals surface area (Å²) in [5.74, 6) is -1.32. The maximum atomic E-state index is 13.4. The molecule has 4 atom stereocenters. The van der Waals surface area contributed by atoms with Gasteiger partial charge in [0.2, 0.25) is 11.8 Å². The van der Waals surface area contributed by atoms with Gasteiger partial charge in [0.25, 0.3) is 0 Å². The van der Waals surface area contributed by atoms with Crippen molar-refractivity contribution in [2.24, 2.45) is 11.8 Å². The first kappa shape index (κ1) is 28.1. The zero-order valence-electron chi connectivity index (χ0n) is 21.4. The van der Waals surface area contributed by atoms with E-state index in [1.165, 1.54) is 6.92 Å². The van der Waals surface area contributed by atoms with Gasteiger partial charge in [-0.15, -0.1) is 0 Å². The van der Waals surface area contributed by atoms with Crippen LogP contribution in [0.4, 0.5) is 0 Å². The number of rotatable bonds is 11. The van der Waals surface area contributed by atoms with Gasteiger partial charge in [0.05, 0.1) is 12.1 Å². The molecule has 0 aromatic heterocycles. The normalized spacial score (nSPS) is 20.7. The van der Waals surface area contributed by atoms with Crippen LogP contribution in [0, 0.1) is 11.8 Å². The van der Waals surface area contributed by atoms with Crippen LogP contribution in [0.25, 0.3) is 0 Å². The van der Waals surface area contributed by atoms with E-state index in [0.717, 1.165) is 38.6 Å². The third-order valence-electron chi connectivity index (χ3n) is 6.59. The average molecular weight is 452 g/mol. The van der Waals surface area contributed by atoms with Gasteiger partial charge in [0.1, 0.15) is 6.04 Å². The number of nitrogens with zero attached hydrogens (tertiary/aromatic N) is 2. The first-order chi connectivity index (χ1) is 14.9. The number of piperidine rings is 1. The Morgan fingerprint density at radius 2 is 1.75 bits per heavy atom. The number of aliphatic carboxylic acids is 1. The lowest BCUT2D eigenvalue weighted by Crippen LogP contribution is -2.59. The summed E-state index contributed by atoms with van der Waals surface area (Å²) in [6.45, 7) is 14.6. The lowest BCUT2D eigenvalue weighted by Gasteiger charge is -2.40. The second kappa shape index (κ2) is 13.0. The molecule has 0 aliphatic carbocycles. The second-order valence-electron chi connectivity index (χ2n) is 9.96. The van der Waals surface area contributed by atoms with Gasteiger partial charge in [-0.2, -0.15) is 0 Å². The van der Waals surface area contributed by atoms with E-state index in [4.69, 9.17) is 0 Å². The molecule has 32 heavy (non-hydrogen) atoms. The SMILES string of the molecule is CCCC(C)N1CCCCC1C(=O)NC(C(=O)N(C)[C@H](/C=C(\C)C(=O)O)C(C)C)C(C)C. The zero-order chi connectivity index (χ0) is 24.6. The highest BCUT2D eigenvalue weighted by molar-refractivity contribution is 5.90. The summed E-state index contributed by atoms with van der Waals surface area (Å²) < 4.78 is 0. The standard InChI is InChI=1S/C25H45N3O4/c1-9-12-19(7)28-14-11-10-13-20(28)23(29)26-22(17(4)5)24(30)27(8)21(16(2)3)15-18(6)25(31)32/h15-17,19-22H,9-14H2,1-8H3,(H,26,29)(H,31,32)/b18-15+/t19?,20?,21-,22?/m1/s1. The minimum Gasteiger partial charge on any atom is -0.478 e. The van der Waals surface area contributed by atoms with Gasteiger partial charge in [-0.05, 0) is 51.5 Å². The molecular weight excluding hydrogens is 406 g/mol. The molecule has 1 saturated heterocycles. The Labute approximate surface area is 194 Å². The third kappa shape index (κ3) is 7.61. The molecule has 184 valence electrons. The van der Waals surface area contributed by atoms with Crippen LogP contribution in [0.3, 0.4) is 0 Å². The number of carboxylic acid groups (broad SMARTS) is 1. The Bertz CT molecular complexity index is 674. The fraction of sp³-hybridized carbons (Fsp3) is 0.800. The lowest BCUT2D eigenvalue weighted by atomic mass is 9.95. The fourth-order valence-electron chi connectivity index (χ4n) is 4.55. The van der Waals surface area contributed by atoms with Crippen molar-refractivity contribution >= 4 is 17.8 Å². The Kier molecular flexibility index (Phi) is 11.4. The van der Waals surface area contributed by atoms with Crippen molar-refractivity contribution < 1.29 is 19.5 Å². The molecule has 0 radical (unpaired) electrons. The van der Waals surface area contributed by atoms with Gasteiger partial charge in [-0.1, -0.05) is 53.5 Å². The van der Waals surface area contributed by atoms with Gasteiger partial charge >= 0.3 is 5.97 Å². The minimum atomic E-state index is -0.996. The van der Waals surface area contributed by atoms with Gasteiger partial charge in [-0.3, -0.25) is 14.5 Å². The summed E-state index contributed by atoms with van der Waals surface area (Å²) in [5.41, 5.74) is 0.205. The molecule has 0 aromatic rings. The zero-order valence-corrected chi connectivity index (χ0v) is 21.4. The number of carboxylic acids is 1. The smallest absolute Gasteiger partial charge is 0.331 e. The molecule has 7 nitrogen and oxygen atoms in total. The molecule has 2 amide bonds. The highest BCUT2D eigenvalue weighted by Gasteiger charge is 2.36. The maximum absolute atomic E-state index is 13.4. The molecule has 7 heteroatoms. The number of hydrogen-bond acceptors (Lipinski definition) is 4. The predicted octanol–water partition coefficient (Wildman–Crippen LogP) is 3.68. The van der Waals surface area contributed by atoms with E-state index >= 15 is 0 Å². The molecule has 0 spiro atoms. The van der Waals surface area contributed by atoms with Crippen molar-refractivity contribution in [2.75, 3.05) is 13.6 Å². The number of likely N-dealkylation sites (tertiary alicyclic amines) is 1. The summed E-state index contributed by atoms with van der Waals surface area (Å²) in [6.07, 6.45) is 6.66. The highest BCUT2D eigenvalue weighted by Crippen LogP contribution is 2.23. The van der Waals surface area contributed by atoms with Crippen molar-refractivity contribution in [3.63, 3.8) is 0 Å². The van der Waals surface area contributed by atoms with E-state index in [-0.39, 0.29) is 41.3 Å². The number of carbonyl (C=O) groups excluding carboxylic acids is 2.